The van der Waals surface area contributed by atoms with Crippen LogP contribution in [0.5, 0.6) is 0 Å². The summed E-state index contributed by atoms with van der Waals surface area (Å²) in [4.78, 5) is 4.32. The Labute approximate surface area is 130 Å². The zero-order valence-electron chi connectivity index (χ0n) is 10.9. The van der Waals surface area contributed by atoms with Crippen molar-refractivity contribution in [1.29, 1.82) is 0 Å². The Balaban J connectivity index is 1.96. The van der Waals surface area contributed by atoms with Crippen molar-refractivity contribution < 1.29 is 8.78 Å². The van der Waals surface area contributed by atoms with Gasteiger partial charge in [-0.1, -0.05) is 29.3 Å². The smallest absolute Gasteiger partial charge is 0.149 e. The second kappa shape index (κ2) is 5.52. The van der Waals surface area contributed by atoms with Crippen LogP contribution in [-0.2, 0) is 0 Å². The highest BCUT2D eigenvalue weighted by Gasteiger charge is 2.28. The van der Waals surface area contributed by atoms with Gasteiger partial charge in [0.05, 0.1) is 16.8 Å². The van der Waals surface area contributed by atoms with Crippen LogP contribution in [0.3, 0.4) is 0 Å². The van der Waals surface area contributed by atoms with Crippen LogP contribution in [0.4, 0.5) is 8.78 Å². The van der Waals surface area contributed by atoms with E-state index in [1.54, 1.807) is 12.3 Å². The molecule has 2 aromatic rings. The molecule has 1 aliphatic carbocycles. The van der Waals surface area contributed by atoms with Crippen LogP contribution in [0.2, 0.25) is 10.0 Å². The van der Waals surface area contributed by atoms with Gasteiger partial charge in [-0.15, -0.1) is 0 Å². The molecule has 0 spiro atoms. The van der Waals surface area contributed by atoms with Gasteiger partial charge in [0.1, 0.15) is 16.7 Å². The molecule has 1 aliphatic rings. The molecule has 2 nitrogen and oxygen atoms in total. The molecule has 1 aromatic carbocycles. The van der Waals surface area contributed by atoms with E-state index < -0.39 is 22.7 Å². The van der Waals surface area contributed by atoms with Gasteiger partial charge >= 0.3 is 0 Å². The molecule has 2 N–H and O–H groups in total. The van der Waals surface area contributed by atoms with Crippen LogP contribution < -0.4 is 5.73 Å². The summed E-state index contributed by atoms with van der Waals surface area (Å²) >= 11 is 11.8. The summed E-state index contributed by atoms with van der Waals surface area (Å²) in [6.45, 7) is 0. The highest BCUT2D eigenvalue weighted by atomic mass is 35.5. The van der Waals surface area contributed by atoms with Crippen molar-refractivity contribution in [3.63, 3.8) is 0 Å². The number of nitrogens with two attached hydrogens (primary N) is 1. The third-order valence-electron chi connectivity index (χ3n) is 3.61. The van der Waals surface area contributed by atoms with Crippen molar-refractivity contribution in [1.82, 2.24) is 4.98 Å². The molecule has 0 saturated heterocycles. The van der Waals surface area contributed by atoms with Gasteiger partial charge in [-0.2, -0.15) is 0 Å². The molecule has 110 valence electrons. The van der Waals surface area contributed by atoms with Crippen molar-refractivity contribution in [2.24, 2.45) is 5.73 Å². The zero-order chi connectivity index (χ0) is 15.1. The fraction of sp³-hybridized carbons (Fsp3) is 0.267. The summed E-state index contributed by atoms with van der Waals surface area (Å²) in [5, 5.41) is -0.0318. The molecule has 1 atom stereocenters. The van der Waals surface area contributed by atoms with Gasteiger partial charge in [-0.3, -0.25) is 4.98 Å². The Bertz CT molecular complexity index is 702. The molecule has 0 aliphatic heterocycles. The topological polar surface area (TPSA) is 38.9 Å². The second-order valence-corrected chi connectivity index (χ2v) is 5.94. The summed E-state index contributed by atoms with van der Waals surface area (Å²) in [5.41, 5.74) is 7.55. The van der Waals surface area contributed by atoms with E-state index in [-0.39, 0.29) is 5.56 Å². The van der Waals surface area contributed by atoms with Crippen LogP contribution in [0, 0.1) is 11.6 Å². The van der Waals surface area contributed by atoms with Crippen LogP contribution in [0.25, 0.3) is 0 Å². The van der Waals surface area contributed by atoms with Crippen LogP contribution in [0.15, 0.2) is 24.4 Å². The van der Waals surface area contributed by atoms with Crippen molar-refractivity contribution in [3.05, 3.63) is 62.9 Å². The van der Waals surface area contributed by atoms with Crippen molar-refractivity contribution in [2.75, 3.05) is 0 Å². The average molecular weight is 329 g/mol. The minimum atomic E-state index is -0.855. The first kappa shape index (κ1) is 14.7. The molecule has 3 rings (SSSR count). The van der Waals surface area contributed by atoms with E-state index >= 15 is 0 Å². The van der Waals surface area contributed by atoms with Gasteiger partial charge in [0, 0.05) is 17.7 Å². The van der Waals surface area contributed by atoms with Gasteiger partial charge < -0.3 is 5.73 Å². The van der Waals surface area contributed by atoms with Crippen LogP contribution >= 0.6 is 23.2 Å². The molecule has 0 radical (unpaired) electrons. The highest BCUT2D eigenvalue weighted by Crippen LogP contribution is 2.42. The second-order valence-electron chi connectivity index (χ2n) is 5.15. The van der Waals surface area contributed by atoms with E-state index in [0.29, 0.717) is 16.5 Å². The van der Waals surface area contributed by atoms with E-state index in [9.17, 15) is 8.78 Å². The van der Waals surface area contributed by atoms with Crippen molar-refractivity contribution in [3.8, 4) is 0 Å². The number of hydrogen-bond donors (Lipinski definition) is 1. The van der Waals surface area contributed by atoms with E-state index in [0.717, 1.165) is 24.6 Å². The number of benzene rings is 1. The Morgan fingerprint density at radius 1 is 1.24 bits per heavy atom. The first-order chi connectivity index (χ1) is 9.99. The van der Waals surface area contributed by atoms with Gasteiger partial charge in [0.2, 0.25) is 0 Å². The summed E-state index contributed by atoms with van der Waals surface area (Å²) < 4.78 is 27.2. The van der Waals surface area contributed by atoms with Crippen LogP contribution in [-0.4, -0.2) is 4.98 Å². The monoisotopic (exact) mass is 328 g/mol. The number of halogens is 4. The first-order valence-electron chi connectivity index (χ1n) is 6.53. The van der Waals surface area contributed by atoms with E-state index in [1.165, 1.54) is 6.07 Å². The third kappa shape index (κ3) is 2.76. The summed E-state index contributed by atoms with van der Waals surface area (Å²) in [6.07, 6.45) is 3.75. The number of rotatable bonds is 3. The lowest BCUT2D eigenvalue weighted by Crippen LogP contribution is -2.15. The number of nitrogens with zero attached hydrogens (tertiary/aromatic N) is 1. The Morgan fingerprint density at radius 2 is 1.95 bits per heavy atom. The minimum absolute atomic E-state index is 0.110. The normalized spacial score (nSPS) is 16.0. The third-order valence-corrected chi connectivity index (χ3v) is 4.26. The van der Waals surface area contributed by atoms with E-state index in [2.05, 4.69) is 4.98 Å². The predicted molar refractivity (Wildman–Crippen MR) is 78.6 cm³/mol. The summed E-state index contributed by atoms with van der Waals surface area (Å²) in [5.74, 6) is -1.25. The number of pyridine rings is 1. The maximum Gasteiger partial charge on any atom is 0.149 e. The molecule has 6 heteroatoms. The van der Waals surface area contributed by atoms with Gasteiger partial charge in [-0.05, 0) is 30.5 Å². The number of aromatic nitrogens is 1. The quantitative estimate of drug-likeness (QED) is 0.837. The SMILES string of the molecule is NC(c1cnc(C2CC2)c(Cl)c1)c1ccc(F)c(Cl)c1F. The maximum atomic E-state index is 14.0. The van der Waals surface area contributed by atoms with E-state index in [1.807, 2.05) is 0 Å². The average Bonchev–Trinajstić information content (AvgIpc) is 3.29. The molecule has 1 fully saturated rings. The molecule has 1 saturated carbocycles. The molecule has 1 aromatic heterocycles. The molecule has 0 bridgehead atoms. The first-order valence-corrected chi connectivity index (χ1v) is 7.29. The van der Waals surface area contributed by atoms with E-state index in [4.69, 9.17) is 28.9 Å². The molecule has 0 amide bonds. The van der Waals surface area contributed by atoms with Crippen molar-refractivity contribution >= 4 is 23.2 Å². The zero-order valence-corrected chi connectivity index (χ0v) is 12.4. The Kier molecular flexibility index (Phi) is 3.86. The molecular weight excluding hydrogens is 317 g/mol. The van der Waals surface area contributed by atoms with Gasteiger partial charge in [0.15, 0.2) is 0 Å². The van der Waals surface area contributed by atoms with Crippen molar-refractivity contribution in [2.45, 2.75) is 24.8 Å². The minimum Gasteiger partial charge on any atom is -0.320 e. The van der Waals surface area contributed by atoms with Gasteiger partial charge in [-0.25, -0.2) is 8.78 Å². The number of hydrogen-bond acceptors (Lipinski definition) is 2. The summed E-state index contributed by atoms with van der Waals surface area (Å²) in [6, 6.07) is 3.25. The molecule has 21 heavy (non-hydrogen) atoms. The summed E-state index contributed by atoms with van der Waals surface area (Å²) in [7, 11) is 0. The fourth-order valence-electron chi connectivity index (χ4n) is 2.25. The lowest BCUT2D eigenvalue weighted by atomic mass is 10.00. The lowest BCUT2D eigenvalue weighted by molar-refractivity contribution is 0.566. The lowest BCUT2D eigenvalue weighted by Gasteiger charge is -2.15. The largest absolute Gasteiger partial charge is 0.320 e. The predicted octanol–water partition coefficient (Wildman–Crippen LogP) is 4.59. The highest BCUT2D eigenvalue weighted by molar-refractivity contribution is 6.31. The molecule has 1 heterocycles. The molecule has 1 unspecified atom stereocenters. The van der Waals surface area contributed by atoms with Gasteiger partial charge in [0.25, 0.3) is 0 Å². The Morgan fingerprint density at radius 3 is 2.57 bits per heavy atom. The fourth-order valence-corrected chi connectivity index (χ4v) is 2.75. The Hall–Kier alpha value is -1.23. The maximum absolute atomic E-state index is 14.0. The van der Waals surface area contributed by atoms with Crippen LogP contribution in [0.1, 0.15) is 41.6 Å². The molecular formula is C15H12Cl2F2N2. The standard InChI is InChI=1S/C15H12Cl2F2N2/c16-10-5-8(6-21-15(10)7-1-2-7)14(20)9-3-4-11(18)12(17)13(9)19/h3-7,14H,1-2,20H2.